The lowest BCUT2D eigenvalue weighted by atomic mass is 9.80. The highest BCUT2D eigenvalue weighted by molar-refractivity contribution is 6.02. The minimum Gasteiger partial charge on any atom is -0.507 e. The first-order valence-corrected chi connectivity index (χ1v) is 7.73. The number of phenolic OH excluding ortho intramolecular Hbond substituents is 1. The molecule has 0 aliphatic heterocycles. The number of nitrogens with one attached hydrogen (secondary N) is 1. The number of hydrazone groups is 1. The average Bonchev–Trinajstić information content (AvgIpc) is 3.25. The van der Waals surface area contributed by atoms with Gasteiger partial charge in [-0.05, 0) is 41.5 Å². The molecule has 0 heterocycles. The number of nitrogens with zero attached hydrogens (tertiary/aromatic N) is 1. The first kappa shape index (κ1) is 13.3. The van der Waals surface area contributed by atoms with Gasteiger partial charge in [-0.3, -0.25) is 4.79 Å². The van der Waals surface area contributed by atoms with E-state index in [0.717, 1.165) is 17.2 Å². The Balaban J connectivity index is 1.51. The second kappa shape index (κ2) is 4.83. The van der Waals surface area contributed by atoms with Gasteiger partial charge in [-0.15, -0.1) is 0 Å². The van der Waals surface area contributed by atoms with E-state index in [4.69, 9.17) is 0 Å². The minimum absolute atomic E-state index is 0.00989. The van der Waals surface area contributed by atoms with Gasteiger partial charge in [0.2, 0.25) is 5.91 Å². The first-order valence-electron chi connectivity index (χ1n) is 7.73. The molecule has 4 rings (SSSR count). The summed E-state index contributed by atoms with van der Waals surface area (Å²) >= 11 is 0. The Morgan fingerprint density at radius 2 is 2.09 bits per heavy atom. The zero-order valence-corrected chi connectivity index (χ0v) is 12.2. The van der Waals surface area contributed by atoms with E-state index >= 15 is 0 Å². The van der Waals surface area contributed by atoms with Gasteiger partial charge in [0.25, 0.3) is 0 Å². The second-order valence-electron chi connectivity index (χ2n) is 6.43. The molecule has 2 fully saturated rings. The smallest absolute Gasteiger partial charge is 0.243 e. The molecule has 4 nitrogen and oxygen atoms in total. The van der Waals surface area contributed by atoms with Gasteiger partial charge in [-0.25, -0.2) is 5.43 Å². The Kier molecular flexibility index (Phi) is 2.93. The number of rotatable bonds is 3. The predicted octanol–water partition coefficient (Wildman–Crippen LogP) is 3.19. The van der Waals surface area contributed by atoms with Crippen LogP contribution in [0.5, 0.6) is 5.75 Å². The molecule has 0 bridgehead atoms. The Bertz CT molecular complexity index is 778. The molecule has 2 aromatic rings. The van der Waals surface area contributed by atoms with Crippen LogP contribution in [0.2, 0.25) is 0 Å². The van der Waals surface area contributed by atoms with Gasteiger partial charge in [-0.2, -0.15) is 5.10 Å². The molecule has 2 saturated carbocycles. The van der Waals surface area contributed by atoms with E-state index in [-0.39, 0.29) is 17.6 Å². The molecule has 112 valence electrons. The Labute approximate surface area is 128 Å². The molecule has 2 aliphatic carbocycles. The molecule has 4 heteroatoms. The molecular weight excluding hydrogens is 276 g/mol. The van der Waals surface area contributed by atoms with Gasteiger partial charge in [0.05, 0.1) is 6.21 Å². The van der Waals surface area contributed by atoms with Crippen LogP contribution in [0.25, 0.3) is 10.8 Å². The highest BCUT2D eigenvalue weighted by Gasteiger charge is 2.60. The zero-order chi connectivity index (χ0) is 15.2. The van der Waals surface area contributed by atoms with E-state index in [0.29, 0.717) is 11.0 Å². The summed E-state index contributed by atoms with van der Waals surface area (Å²) in [6, 6.07) is 11.3. The van der Waals surface area contributed by atoms with Crippen LogP contribution in [0.3, 0.4) is 0 Å². The number of phenols is 1. The van der Waals surface area contributed by atoms with Crippen LogP contribution in [0.4, 0.5) is 0 Å². The fourth-order valence-electron chi connectivity index (χ4n) is 3.56. The van der Waals surface area contributed by atoms with Crippen molar-refractivity contribution in [3.8, 4) is 5.75 Å². The summed E-state index contributed by atoms with van der Waals surface area (Å²) in [5.41, 5.74) is 3.57. The Morgan fingerprint density at radius 1 is 1.27 bits per heavy atom. The average molecular weight is 294 g/mol. The summed E-state index contributed by atoms with van der Waals surface area (Å²) in [4.78, 5) is 12.1. The summed E-state index contributed by atoms with van der Waals surface area (Å²) < 4.78 is 0. The van der Waals surface area contributed by atoms with Crippen LogP contribution in [-0.4, -0.2) is 17.2 Å². The normalized spacial score (nSPS) is 21.9. The molecule has 0 radical (unpaired) electrons. The van der Waals surface area contributed by atoms with Crippen LogP contribution in [0.1, 0.15) is 31.2 Å². The molecule has 0 saturated heterocycles. The molecule has 22 heavy (non-hydrogen) atoms. The van der Waals surface area contributed by atoms with Crippen LogP contribution in [0.15, 0.2) is 41.5 Å². The summed E-state index contributed by atoms with van der Waals surface area (Å²) in [5, 5.41) is 16.0. The molecule has 1 amide bonds. The minimum atomic E-state index is 0.00989. The number of carbonyl (C=O) groups excluding carboxylic acids is 1. The fourth-order valence-corrected chi connectivity index (χ4v) is 3.56. The number of amides is 1. The molecule has 2 aromatic carbocycles. The van der Waals surface area contributed by atoms with Crippen molar-refractivity contribution >= 4 is 22.9 Å². The lowest BCUT2D eigenvalue weighted by Gasteiger charge is -2.25. The third-order valence-corrected chi connectivity index (χ3v) is 5.17. The highest BCUT2D eigenvalue weighted by Crippen LogP contribution is 2.65. The first-order chi connectivity index (χ1) is 10.7. The predicted molar refractivity (Wildman–Crippen MR) is 85.7 cm³/mol. The maximum absolute atomic E-state index is 12.1. The number of fused-ring (bicyclic) bond motifs is 1. The van der Waals surface area contributed by atoms with E-state index in [9.17, 15) is 9.90 Å². The Hall–Kier alpha value is -2.36. The third-order valence-electron chi connectivity index (χ3n) is 5.17. The van der Waals surface area contributed by atoms with Gasteiger partial charge in [0, 0.05) is 11.5 Å². The summed E-state index contributed by atoms with van der Waals surface area (Å²) in [6.07, 6.45) is 6.15. The second-order valence-corrected chi connectivity index (χ2v) is 6.43. The molecule has 1 unspecified atom stereocenters. The van der Waals surface area contributed by atoms with Gasteiger partial charge in [-0.1, -0.05) is 36.8 Å². The molecular formula is C18H18N2O2. The van der Waals surface area contributed by atoms with Crippen molar-refractivity contribution in [2.24, 2.45) is 16.4 Å². The van der Waals surface area contributed by atoms with Crippen LogP contribution < -0.4 is 5.43 Å². The van der Waals surface area contributed by atoms with Gasteiger partial charge >= 0.3 is 0 Å². The monoisotopic (exact) mass is 294 g/mol. The molecule has 2 N–H and O–H groups in total. The van der Waals surface area contributed by atoms with Crippen molar-refractivity contribution in [2.75, 3.05) is 0 Å². The van der Waals surface area contributed by atoms with Crippen molar-refractivity contribution in [3.05, 3.63) is 42.0 Å². The van der Waals surface area contributed by atoms with Crippen LogP contribution in [-0.2, 0) is 4.79 Å². The van der Waals surface area contributed by atoms with E-state index in [1.807, 2.05) is 30.3 Å². The Morgan fingerprint density at radius 3 is 2.82 bits per heavy atom. The number of hydrogen-bond acceptors (Lipinski definition) is 3. The van der Waals surface area contributed by atoms with Gasteiger partial charge in [0.15, 0.2) is 0 Å². The van der Waals surface area contributed by atoms with Crippen LogP contribution >= 0.6 is 0 Å². The SMILES string of the molecule is O=C(NN=Cc1c(O)ccc2ccccc12)C1CC12CCC2. The lowest BCUT2D eigenvalue weighted by molar-refractivity contribution is -0.123. The highest BCUT2D eigenvalue weighted by atomic mass is 16.3. The van der Waals surface area contributed by atoms with Crippen molar-refractivity contribution in [3.63, 3.8) is 0 Å². The number of carbonyl (C=O) groups is 1. The summed E-state index contributed by atoms with van der Waals surface area (Å²) in [7, 11) is 0. The van der Waals surface area contributed by atoms with E-state index in [1.54, 1.807) is 6.07 Å². The standard InChI is InChI=1S/C18H18N2O2/c21-16-7-6-12-4-1-2-5-13(12)14(16)11-19-20-17(22)15-10-18(15)8-3-9-18/h1-2,4-7,11,15,21H,3,8-10H2,(H,20,22). The number of benzene rings is 2. The largest absolute Gasteiger partial charge is 0.507 e. The number of aromatic hydroxyl groups is 1. The molecule has 0 aromatic heterocycles. The van der Waals surface area contributed by atoms with E-state index < -0.39 is 0 Å². The topological polar surface area (TPSA) is 61.7 Å². The maximum Gasteiger partial charge on any atom is 0.243 e. The van der Waals surface area contributed by atoms with Crippen molar-refractivity contribution in [1.82, 2.24) is 5.43 Å². The van der Waals surface area contributed by atoms with Gasteiger partial charge in [0.1, 0.15) is 5.75 Å². The fraction of sp³-hybridized carbons (Fsp3) is 0.333. The summed E-state index contributed by atoms with van der Waals surface area (Å²) in [5.74, 6) is 0.314. The summed E-state index contributed by atoms with van der Waals surface area (Å²) in [6.45, 7) is 0. The molecule has 1 atom stereocenters. The van der Waals surface area contributed by atoms with Crippen molar-refractivity contribution < 1.29 is 9.90 Å². The molecule has 2 aliphatic rings. The lowest BCUT2D eigenvalue weighted by Crippen LogP contribution is -2.26. The van der Waals surface area contributed by atoms with Crippen LogP contribution in [0, 0.1) is 11.3 Å². The maximum atomic E-state index is 12.1. The van der Waals surface area contributed by atoms with Crippen molar-refractivity contribution in [1.29, 1.82) is 0 Å². The van der Waals surface area contributed by atoms with E-state index in [1.165, 1.54) is 25.5 Å². The number of hydrogen-bond donors (Lipinski definition) is 2. The van der Waals surface area contributed by atoms with Gasteiger partial charge < -0.3 is 5.11 Å². The zero-order valence-electron chi connectivity index (χ0n) is 12.2. The molecule has 1 spiro atoms. The third kappa shape index (κ3) is 2.06. The van der Waals surface area contributed by atoms with Crippen molar-refractivity contribution in [2.45, 2.75) is 25.7 Å². The quantitative estimate of drug-likeness (QED) is 0.674. The van der Waals surface area contributed by atoms with E-state index in [2.05, 4.69) is 10.5 Å².